The molecule has 2 N–H and O–H groups in total. The minimum Gasteiger partial charge on any atom is -0.481 e. The van der Waals surface area contributed by atoms with Crippen molar-refractivity contribution in [1.29, 1.82) is 0 Å². The van der Waals surface area contributed by atoms with Crippen LogP contribution in [-0.4, -0.2) is 22.0 Å². The molecule has 1 amide bonds. The molecule has 0 radical (unpaired) electrons. The Morgan fingerprint density at radius 1 is 1.00 bits per heavy atom. The van der Waals surface area contributed by atoms with Crippen molar-refractivity contribution in [2.75, 3.05) is 5.32 Å². The Labute approximate surface area is 140 Å². The maximum absolute atomic E-state index is 12.4. The molecule has 3 rings (SSSR count). The molecule has 5 heteroatoms. The zero-order valence-corrected chi connectivity index (χ0v) is 13.3. The van der Waals surface area contributed by atoms with E-state index in [-0.39, 0.29) is 17.7 Å². The third-order valence-corrected chi connectivity index (χ3v) is 4.54. The second-order valence-electron chi connectivity index (χ2n) is 6.17. The molecule has 1 aliphatic rings. The van der Waals surface area contributed by atoms with Gasteiger partial charge in [-0.15, -0.1) is 0 Å². The molecule has 1 fully saturated rings. The molecule has 0 unspecified atom stereocenters. The van der Waals surface area contributed by atoms with E-state index < -0.39 is 5.97 Å². The van der Waals surface area contributed by atoms with Crippen molar-refractivity contribution >= 4 is 17.6 Å². The number of carboxylic acids is 1. The van der Waals surface area contributed by atoms with Crippen LogP contribution in [0.4, 0.5) is 5.69 Å². The van der Waals surface area contributed by atoms with Crippen LogP contribution in [0.25, 0.3) is 11.3 Å². The van der Waals surface area contributed by atoms with Crippen molar-refractivity contribution in [2.45, 2.75) is 25.7 Å². The summed E-state index contributed by atoms with van der Waals surface area (Å²) in [5.74, 6) is -1.21. The first-order chi connectivity index (χ1) is 11.6. The maximum Gasteiger partial charge on any atom is 0.306 e. The van der Waals surface area contributed by atoms with Gasteiger partial charge in [0.2, 0.25) is 5.91 Å². The molecule has 0 aliphatic heterocycles. The lowest BCUT2D eigenvalue weighted by Gasteiger charge is -2.25. The van der Waals surface area contributed by atoms with Crippen LogP contribution in [0, 0.1) is 11.8 Å². The number of benzene rings is 1. The summed E-state index contributed by atoms with van der Waals surface area (Å²) in [4.78, 5) is 27.7. The summed E-state index contributed by atoms with van der Waals surface area (Å²) in [5, 5.41) is 12.0. The Morgan fingerprint density at radius 3 is 2.33 bits per heavy atom. The minimum absolute atomic E-state index is 0.0379. The lowest BCUT2D eigenvalue weighted by molar-refractivity contribution is -0.143. The maximum atomic E-state index is 12.4. The number of hydrogen-bond donors (Lipinski definition) is 2. The van der Waals surface area contributed by atoms with E-state index in [2.05, 4.69) is 10.3 Å². The van der Waals surface area contributed by atoms with Crippen LogP contribution in [0.5, 0.6) is 0 Å². The van der Waals surface area contributed by atoms with Crippen molar-refractivity contribution < 1.29 is 14.7 Å². The van der Waals surface area contributed by atoms with Gasteiger partial charge in [0.15, 0.2) is 0 Å². The number of amides is 1. The largest absolute Gasteiger partial charge is 0.481 e. The third kappa shape index (κ3) is 3.79. The van der Waals surface area contributed by atoms with E-state index >= 15 is 0 Å². The molecule has 0 atom stereocenters. The van der Waals surface area contributed by atoms with Crippen LogP contribution in [-0.2, 0) is 9.59 Å². The molecule has 1 aliphatic carbocycles. The van der Waals surface area contributed by atoms with E-state index in [1.54, 1.807) is 12.3 Å². The van der Waals surface area contributed by atoms with Gasteiger partial charge in [0.05, 0.1) is 11.6 Å². The number of pyridine rings is 1. The van der Waals surface area contributed by atoms with Gasteiger partial charge in [-0.2, -0.15) is 0 Å². The van der Waals surface area contributed by atoms with E-state index in [0.717, 1.165) is 11.3 Å². The number of carbonyl (C=O) groups excluding carboxylic acids is 1. The van der Waals surface area contributed by atoms with E-state index in [1.807, 2.05) is 36.4 Å². The van der Waals surface area contributed by atoms with Gasteiger partial charge in [0.25, 0.3) is 0 Å². The van der Waals surface area contributed by atoms with Gasteiger partial charge in [0, 0.05) is 23.4 Å². The van der Waals surface area contributed by atoms with E-state index in [1.165, 1.54) is 0 Å². The third-order valence-electron chi connectivity index (χ3n) is 4.54. The number of rotatable bonds is 4. The lowest BCUT2D eigenvalue weighted by Crippen LogP contribution is -2.29. The summed E-state index contributed by atoms with van der Waals surface area (Å²) >= 11 is 0. The summed E-state index contributed by atoms with van der Waals surface area (Å²) in [7, 11) is 0. The average molecular weight is 324 g/mol. The molecule has 0 spiro atoms. The standard InChI is InChI=1S/C19H20N2O3/c22-18(14-6-8-15(9-7-14)19(23)24)21-16-10-11-20-17(12-16)13-4-2-1-3-5-13/h1-5,10-12,14-15H,6-9H2,(H,23,24)(H,20,21,22). The fourth-order valence-electron chi connectivity index (χ4n) is 3.12. The van der Waals surface area contributed by atoms with Crippen molar-refractivity contribution in [3.8, 4) is 11.3 Å². The second kappa shape index (κ2) is 7.25. The number of anilines is 1. The lowest BCUT2D eigenvalue weighted by atomic mass is 9.81. The molecule has 0 saturated heterocycles. The van der Waals surface area contributed by atoms with Gasteiger partial charge < -0.3 is 10.4 Å². The molecule has 1 heterocycles. The molecular formula is C19H20N2O3. The van der Waals surface area contributed by atoms with Gasteiger partial charge in [0.1, 0.15) is 0 Å². The second-order valence-corrected chi connectivity index (χ2v) is 6.17. The molecular weight excluding hydrogens is 304 g/mol. The average Bonchev–Trinajstić information content (AvgIpc) is 2.63. The smallest absolute Gasteiger partial charge is 0.306 e. The van der Waals surface area contributed by atoms with Crippen LogP contribution in [0.15, 0.2) is 48.7 Å². The van der Waals surface area contributed by atoms with Crippen LogP contribution >= 0.6 is 0 Å². The highest BCUT2D eigenvalue weighted by molar-refractivity contribution is 5.93. The number of aliphatic carboxylic acids is 1. The van der Waals surface area contributed by atoms with E-state index in [0.29, 0.717) is 31.4 Å². The topological polar surface area (TPSA) is 79.3 Å². The Balaban J connectivity index is 1.64. The first kappa shape index (κ1) is 16.2. The Hall–Kier alpha value is -2.69. The molecule has 1 aromatic carbocycles. The molecule has 0 bridgehead atoms. The fourth-order valence-corrected chi connectivity index (χ4v) is 3.12. The van der Waals surface area contributed by atoms with Gasteiger partial charge in [-0.1, -0.05) is 30.3 Å². The zero-order chi connectivity index (χ0) is 16.9. The number of carboxylic acid groups (broad SMARTS) is 1. The molecule has 24 heavy (non-hydrogen) atoms. The van der Waals surface area contributed by atoms with Crippen molar-refractivity contribution in [2.24, 2.45) is 11.8 Å². The van der Waals surface area contributed by atoms with Crippen molar-refractivity contribution in [3.63, 3.8) is 0 Å². The summed E-state index contributed by atoms with van der Waals surface area (Å²) in [6, 6.07) is 13.4. The van der Waals surface area contributed by atoms with Gasteiger partial charge in [-0.25, -0.2) is 0 Å². The van der Waals surface area contributed by atoms with E-state index in [4.69, 9.17) is 5.11 Å². The molecule has 5 nitrogen and oxygen atoms in total. The van der Waals surface area contributed by atoms with Gasteiger partial charge >= 0.3 is 5.97 Å². The number of nitrogens with zero attached hydrogens (tertiary/aromatic N) is 1. The highest BCUT2D eigenvalue weighted by Crippen LogP contribution is 2.30. The quantitative estimate of drug-likeness (QED) is 0.901. The fraction of sp³-hybridized carbons (Fsp3) is 0.316. The van der Waals surface area contributed by atoms with Gasteiger partial charge in [-0.05, 0) is 37.8 Å². The van der Waals surface area contributed by atoms with Crippen LogP contribution in [0.1, 0.15) is 25.7 Å². The highest BCUT2D eigenvalue weighted by atomic mass is 16.4. The number of hydrogen-bond acceptors (Lipinski definition) is 3. The Kier molecular flexibility index (Phi) is 4.89. The molecule has 1 saturated carbocycles. The normalized spacial score (nSPS) is 20.3. The number of nitrogens with one attached hydrogen (secondary N) is 1. The monoisotopic (exact) mass is 324 g/mol. The predicted molar refractivity (Wildman–Crippen MR) is 91.4 cm³/mol. The first-order valence-corrected chi connectivity index (χ1v) is 8.18. The molecule has 1 aromatic heterocycles. The number of aromatic nitrogens is 1. The zero-order valence-electron chi connectivity index (χ0n) is 13.3. The Bertz CT molecular complexity index is 722. The van der Waals surface area contributed by atoms with Crippen LogP contribution in [0.3, 0.4) is 0 Å². The van der Waals surface area contributed by atoms with Crippen molar-refractivity contribution in [1.82, 2.24) is 4.98 Å². The summed E-state index contributed by atoms with van der Waals surface area (Å²) in [6.07, 6.45) is 4.07. The Morgan fingerprint density at radius 2 is 1.67 bits per heavy atom. The van der Waals surface area contributed by atoms with E-state index in [9.17, 15) is 9.59 Å². The molecule has 124 valence electrons. The summed E-state index contributed by atoms with van der Waals surface area (Å²) in [5.41, 5.74) is 2.52. The van der Waals surface area contributed by atoms with Gasteiger partial charge in [-0.3, -0.25) is 14.6 Å². The predicted octanol–water partition coefficient (Wildman–Crippen LogP) is 3.58. The number of carbonyl (C=O) groups is 2. The summed E-state index contributed by atoms with van der Waals surface area (Å²) < 4.78 is 0. The van der Waals surface area contributed by atoms with Crippen LogP contribution in [0.2, 0.25) is 0 Å². The van der Waals surface area contributed by atoms with Crippen molar-refractivity contribution in [3.05, 3.63) is 48.7 Å². The highest BCUT2D eigenvalue weighted by Gasteiger charge is 2.29. The van der Waals surface area contributed by atoms with Crippen LogP contribution < -0.4 is 5.32 Å². The summed E-state index contributed by atoms with van der Waals surface area (Å²) in [6.45, 7) is 0. The first-order valence-electron chi connectivity index (χ1n) is 8.18. The minimum atomic E-state index is -0.754. The SMILES string of the molecule is O=C(O)C1CCC(C(=O)Nc2ccnc(-c3ccccc3)c2)CC1. The molecule has 2 aromatic rings.